The van der Waals surface area contributed by atoms with Gasteiger partial charge in [0.05, 0.1) is 12.2 Å². The molecule has 1 aromatic rings. The molecule has 1 aromatic heterocycles. The molecule has 3 rings (SSSR count). The third kappa shape index (κ3) is 5.85. The molecule has 0 atom stereocenters. The molecule has 166 valence electrons. The molecule has 0 unspecified atom stereocenters. The average Bonchev–Trinajstić information content (AvgIpc) is 3.24. The lowest BCUT2D eigenvalue weighted by Crippen LogP contribution is -2.41. The molecule has 2 aliphatic heterocycles. The Morgan fingerprint density at radius 3 is 2.43 bits per heavy atom. The van der Waals surface area contributed by atoms with Gasteiger partial charge in [0.15, 0.2) is 0 Å². The minimum absolute atomic E-state index is 0.0187. The number of hydrogen-bond acceptors (Lipinski definition) is 4. The van der Waals surface area contributed by atoms with E-state index in [1.54, 1.807) is 16.8 Å². The van der Waals surface area contributed by atoms with Crippen molar-refractivity contribution in [3.8, 4) is 0 Å². The predicted octanol–water partition coefficient (Wildman–Crippen LogP) is 2.67. The maximum atomic E-state index is 12.7. The Balaban J connectivity index is 1.55. The zero-order valence-corrected chi connectivity index (χ0v) is 19.2. The van der Waals surface area contributed by atoms with Crippen LogP contribution in [0.25, 0.3) is 6.08 Å². The van der Waals surface area contributed by atoms with Gasteiger partial charge in [0, 0.05) is 57.5 Å². The Morgan fingerprint density at radius 1 is 1.03 bits per heavy atom. The summed E-state index contributed by atoms with van der Waals surface area (Å²) in [6.45, 7) is 12.0. The Bertz CT molecular complexity index is 783. The molecule has 0 spiro atoms. The number of rotatable bonds is 6. The van der Waals surface area contributed by atoms with Gasteiger partial charge >= 0.3 is 0 Å². The predicted molar refractivity (Wildman–Crippen MR) is 119 cm³/mol. The van der Waals surface area contributed by atoms with Crippen molar-refractivity contribution in [1.82, 2.24) is 24.5 Å². The highest BCUT2D eigenvalue weighted by Gasteiger charge is 2.23. The maximum Gasteiger partial charge on any atom is 0.246 e. The minimum Gasteiger partial charge on any atom is -0.342 e. The van der Waals surface area contributed by atoms with Crippen LogP contribution in [0.5, 0.6) is 0 Å². The third-order valence-corrected chi connectivity index (χ3v) is 6.16. The Kier molecular flexibility index (Phi) is 7.94. The maximum absolute atomic E-state index is 12.7. The molecular weight excluding hydrogens is 402 g/mol. The first kappa shape index (κ1) is 22.8. The second kappa shape index (κ2) is 10.4. The van der Waals surface area contributed by atoms with Crippen LogP contribution in [-0.4, -0.2) is 82.1 Å². The van der Waals surface area contributed by atoms with Crippen molar-refractivity contribution in [2.45, 2.75) is 46.6 Å². The van der Waals surface area contributed by atoms with Gasteiger partial charge in [-0.3, -0.25) is 19.2 Å². The van der Waals surface area contributed by atoms with Crippen LogP contribution in [0, 0.1) is 12.8 Å². The first-order valence-electron chi connectivity index (χ1n) is 11.0. The summed E-state index contributed by atoms with van der Waals surface area (Å²) in [5, 5.41) is 5.07. The second-order valence-corrected chi connectivity index (χ2v) is 9.10. The highest BCUT2D eigenvalue weighted by Crippen LogP contribution is 2.22. The molecule has 0 aliphatic carbocycles. The van der Waals surface area contributed by atoms with E-state index in [0.29, 0.717) is 30.7 Å². The SMILES string of the molecule is Cc1nn(CC(C)C)c(Cl)c1C=CC(=O)N1CCCN(CC(=O)N2CCCC2)CC1. The van der Waals surface area contributed by atoms with Crippen LogP contribution in [-0.2, 0) is 16.1 Å². The highest BCUT2D eigenvalue weighted by atomic mass is 35.5. The molecule has 0 bridgehead atoms. The average molecular weight is 436 g/mol. The van der Waals surface area contributed by atoms with Crippen molar-refractivity contribution in [2.75, 3.05) is 45.8 Å². The van der Waals surface area contributed by atoms with E-state index in [0.717, 1.165) is 63.2 Å². The van der Waals surface area contributed by atoms with Gasteiger partial charge < -0.3 is 9.80 Å². The fourth-order valence-electron chi connectivity index (χ4n) is 4.09. The standard InChI is InChI=1S/C22H34ClN5O2/c1-17(2)15-28-22(23)19(18(3)24-28)7-8-20(29)27-12-6-9-25(13-14-27)16-21(30)26-10-4-5-11-26/h7-8,17H,4-6,9-16H2,1-3H3. The number of carbonyl (C=O) groups excluding carboxylic acids is 2. The van der Waals surface area contributed by atoms with Crippen LogP contribution in [0.15, 0.2) is 6.08 Å². The van der Waals surface area contributed by atoms with Gasteiger partial charge in [-0.05, 0) is 38.2 Å². The summed E-state index contributed by atoms with van der Waals surface area (Å²) >= 11 is 6.47. The lowest BCUT2D eigenvalue weighted by molar-refractivity contribution is -0.131. The van der Waals surface area contributed by atoms with Crippen molar-refractivity contribution in [3.63, 3.8) is 0 Å². The molecule has 2 aliphatic rings. The lowest BCUT2D eigenvalue weighted by atomic mass is 10.2. The molecule has 2 amide bonds. The van der Waals surface area contributed by atoms with Crippen LogP contribution in [0.3, 0.4) is 0 Å². The van der Waals surface area contributed by atoms with Crippen LogP contribution in [0.4, 0.5) is 0 Å². The van der Waals surface area contributed by atoms with Gasteiger partial charge in [-0.25, -0.2) is 0 Å². The highest BCUT2D eigenvalue weighted by molar-refractivity contribution is 6.31. The molecule has 7 nitrogen and oxygen atoms in total. The van der Waals surface area contributed by atoms with E-state index in [-0.39, 0.29) is 11.8 Å². The number of nitrogens with zero attached hydrogens (tertiary/aromatic N) is 5. The molecular formula is C22H34ClN5O2. The summed E-state index contributed by atoms with van der Waals surface area (Å²) < 4.78 is 1.80. The van der Waals surface area contributed by atoms with Crippen LogP contribution in [0.2, 0.25) is 5.15 Å². The molecule has 30 heavy (non-hydrogen) atoms. The number of carbonyl (C=O) groups is 2. The van der Waals surface area contributed by atoms with E-state index >= 15 is 0 Å². The van der Waals surface area contributed by atoms with E-state index in [9.17, 15) is 9.59 Å². The summed E-state index contributed by atoms with van der Waals surface area (Å²) in [5.41, 5.74) is 1.63. The van der Waals surface area contributed by atoms with E-state index in [1.807, 2.05) is 16.7 Å². The van der Waals surface area contributed by atoms with Crippen molar-refractivity contribution in [3.05, 3.63) is 22.5 Å². The van der Waals surface area contributed by atoms with Gasteiger partial charge in [0.25, 0.3) is 0 Å². The number of aryl methyl sites for hydroxylation is 1. The van der Waals surface area contributed by atoms with E-state index < -0.39 is 0 Å². The third-order valence-electron chi connectivity index (χ3n) is 5.76. The number of amides is 2. The lowest BCUT2D eigenvalue weighted by Gasteiger charge is -2.23. The smallest absolute Gasteiger partial charge is 0.246 e. The monoisotopic (exact) mass is 435 g/mol. The molecule has 0 N–H and O–H groups in total. The normalized spacial score (nSPS) is 18.6. The summed E-state index contributed by atoms with van der Waals surface area (Å²) in [6, 6.07) is 0. The zero-order valence-electron chi connectivity index (χ0n) is 18.4. The summed E-state index contributed by atoms with van der Waals surface area (Å²) in [7, 11) is 0. The van der Waals surface area contributed by atoms with Gasteiger partial charge in [0.2, 0.25) is 11.8 Å². The largest absolute Gasteiger partial charge is 0.342 e. The first-order chi connectivity index (χ1) is 14.3. The van der Waals surface area contributed by atoms with Crippen LogP contribution < -0.4 is 0 Å². The van der Waals surface area contributed by atoms with Crippen molar-refractivity contribution >= 4 is 29.5 Å². The molecule has 3 heterocycles. The van der Waals surface area contributed by atoms with Gasteiger partial charge in [-0.2, -0.15) is 5.10 Å². The van der Waals surface area contributed by atoms with E-state index in [1.165, 1.54) is 0 Å². The second-order valence-electron chi connectivity index (χ2n) is 8.74. The molecule has 2 fully saturated rings. The molecule has 0 aromatic carbocycles. The molecule has 0 radical (unpaired) electrons. The molecule has 2 saturated heterocycles. The van der Waals surface area contributed by atoms with Crippen molar-refractivity contribution < 1.29 is 9.59 Å². The number of likely N-dealkylation sites (tertiary alicyclic amines) is 1. The van der Waals surface area contributed by atoms with Gasteiger partial charge in [-0.15, -0.1) is 0 Å². The quantitative estimate of drug-likeness (QED) is 0.644. The van der Waals surface area contributed by atoms with Crippen molar-refractivity contribution in [2.24, 2.45) is 5.92 Å². The number of aromatic nitrogens is 2. The topological polar surface area (TPSA) is 61.7 Å². The summed E-state index contributed by atoms with van der Waals surface area (Å²) in [4.78, 5) is 31.1. The first-order valence-corrected chi connectivity index (χ1v) is 11.4. The Morgan fingerprint density at radius 2 is 1.73 bits per heavy atom. The summed E-state index contributed by atoms with van der Waals surface area (Å²) in [6.07, 6.45) is 6.48. The summed E-state index contributed by atoms with van der Waals surface area (Å²) in [5.74, 6) is 0.642. The van der Waals surface area contributed by atoms with Crippen LogP contribution >= 0.6 is 11.6 Å². The fraction of sp³-hybridized carbons (Fsp3) is 0.682. The van der Waals surface area contributed by atoms with E-state index in [4.69, 9.17) is 11.6 Å². The van der Waals surface area contributed by atoms with Crippen LogP contribution in [0.1, 0.15) is 44.4 Å². The fourth-order valence-corrected chi connectivity index (χ4v) is 4.40. The number of hydrogen-bond donors (Lipinski definition) is 0. The molecule has 0 saturated carbocycles. The zero-order chi connectivity index (χ0) is 21.7. The Hall–Kier alpha value is -1.86. The Labute approximate surface area is 184 Å². The van der Waals surface area contributed by atoms with Crippen molar-refractivity contribution in [1.29, 1.82) is 0 Å². The molecule has 8 heteroatoms. The van der Waals surface area contributed by atoms with Gasteiger partial charge in [0.1, 0.15) is 5.15 Å². The van der Waals surface area contributed by atoms with E-state index in [2.05, 4.69) is 23.8 Å². The number of halogens is 1. The van der Waals surface area contributed by atoms with Gasteiger partial charge in [-0.1, -0.05) is 25.4 Å². The minimum atomic E-state index is -0.0187.